The van der Waals surface area contributed by atoms with E-state index in [0.29, 0.717) is 0 Å². The topological polar surface area (TPSA) is 0 Å². The molecule has 0 aliphatic rings. The van der Waals surface area contributed by atoms with Crippen LogP contribution < -0.4 is 0 Å². The molecule has 1 heteroatoms. The molecule has 0 aromatic carbocycles. The van der Waals surface area contributed by atoms with Crippen molar-refractivity contribution < 1.29 is 0 Å². The van der Waals surface area contributed by atoms with Gasteiger partial charge in [0.15, 0.2) is 0 Å². The molecular weight excluding hydrogens is 272 g/mol. The summed E-state index contributed by atoms with van der Waals surface area (Å²) in [7, 11) is 0. The van der Waals surface area contributed by atoms with Gasteiger partial charge in [-0.1, -0.05) is 84.3 Å². The van der Waals surface area contributed by atoms with Crippen molar-refractivity contribution in [1.82, 2.24) is 0 Å². The summed E-state index contributed by atoms with van der Waals surface area (Å²) in [5, 5.41) is 0. The van der Waals surface area contributed by atoms with E-state index in [0.717, 1.165) is 23.5 Å². The summed E-state index contributed by atoms with van der Waals surface area (Å²) in [6.45, 7) is 11.8. The number of hydrogen-bond donors (Lipinski definition) is 1. The lowest BCUT2D eigenvalue weighted by molar-refractivity contribution is 0.389. The zero-order valence-electron chi connectivity index (χ0n) is 15.3. The maximum Gasteiger partial charge on any atom is 0.00850 e. The molecule has 21 heavy (non-hydrogen) atoms. The van der Waals surface area contributed by atoms with Gasteiger partial charge in [0.1, 0.15) is 0 Å². The lowest BCUT2D eigenvalue weighted by Gasteiger charge is -2.15. The van der Waals surface area contributed by atoms with Gasteiger partial charge in [-0.3, -0.25) is 0 Å². The smallest absolute Gasteiger partial charge is 0.00850 e. The molecule has 0 saturated heterocycles. The molecule has 0 heterocycles. The van der Waals surface area contributed by atoms with Gasteiger partial charge in [-0.05, 0) is 37.5 Å². The third-order valence-corrected chi connectivity index (χ3v) is 4.76. The second kappa shape index (κ2) is 13.7. The highest BCUT2D eigenvalue weighted by atomic mass is 32.1. The summed E-state index contributed by atoms with van der Waals surface area (Å²) in [6, 6.07) is 0. The van der Waals surface area contributed by atoms with Gasteiger partial charge in [-0.15, -0.1) is 0 Å². The molecule has 0 rings (SSSR count). The summed E-state index contributed by atoms with van der Waals surface area (Å²) in [6.07, 6.45) is 14.8. The average Bonchev–Trinajstić information content (AvgIpc) is 2.38. The summed E-state index contributed by atoms with van der Waals surface area (Å²) < 4.78 is 0. The summed E-state index contributed by atoms with van der Waals surface area (Å²) in [5.74, 6) is 3.58. The minimum absolute atomic E-state index is 0.872. The Hall–Kier alpha value is 0.0900. The molecule has 0 aromatic heterocycles. The highest BCUT2D eigenvalue weighted by Crippen LogP contribution is 2.21. The molecule has 0 N–H and O–H groups in total. The Labute approximate surface area is 140 Å². The number of hydrogen-bond acceptors (Lipinski definition) is 1. The van der Waals surface area contributed by atoms with Crippen LogP contribution in [-0.2, 0) is 0 Å². The van der Waals surface area contributed by atoms with E-state index in [1.807, 2.05) is 0 Å². The SMILES string of the molecule is CC(=CCS)CCC[C@H](C)CCC[C@H](C)CCCC(C)C. The molecule has 0 fully saturated rings. The monoisotopic (exact) mass is 312 g/mol. The van der Waals surface area contributed by atoms with Crippen LogP contribution in [0.2, 0.25) is 0 Å². The fourth-order valence-corrected chi connectivity index (χ4v) is 3.28. The summed E-state index contributed by atoms with van der Waals surface area (Å²) in [4.78, 5) is 0. The fraction of sp³-hybridized carbons (Fsp3) is 0.900. The predicted molar refractivity (Wildman–Crippen MR) is 102 cm³/mol. The van der Waals surface area contributed by atoms with Crippen LogP contribution in [-0.4, -0.2) is 5.75 Å². The first-order valence-electron chi connectivity index (χ1n) is 9.22. The Morgan fingerprint density at radius 2 is 1.29 bits per heavy atom. The normalized spacial score (nSPS) is 15.5. The molecule has 126 valence electrons. The third-order valence-electron chi connectivity index (χ3n) is 4.58. The first-order chi connectivity index (χ1) is 9.95. The first-order valence-corrected chi connectivity index (χ1v) is 9.85. The quantitative estimate of drug-likeness (QED) is 0.267. The van der Waals surface area contributed by atoms with E-state index in [4.69, 9.17) is 0 Å². The van der Waals surface area contributed by atoms with E-state index in [-0.39, 0.29) is 0 Å². The van der Waals surface area contributed by atoms with E-state index in [1.165, 1.54) is 63.4 Å². The van der Waals surface area contributed by atoms with Crippen LogP contribution in [0.4, 0.5) is 0 Å². The highest BCUT2D eigenvalue weighted by Gasteiger charge is 2.06. The Bertz CT molecular complexity index is 255. The van der Waals surface area contributed by atoms with Crippen molar-refractivity contribution in [2.24, 2.45) is 17.8 Å². The molecule has 0 aliphatic heterocycles. The standard InChI is InChI=1S/C20H40S/c1-17(2)9-6-10-18(3)11-7-12-19(4)13-8-14-20(5)15-16-21/h15,17-19,21H,6-14,16H2,1-5H3/t18-,19-/m1/s1. The van der Waals surface area contributed by atoms with Gasteiger partial charge >= 0.3 is 0 Å². The Balaban J connectivity index is 3.52. The van der Waals surface area contributed by atoms with E-state index in [9.17, 15) is 0 Å². The van der Waals surface area contributed by atoms with E-state index in [1.54, 1.807) is 0 Å². The van der Waals surface area contributed by atoms with Gasteiger partial charge in [-0.2, -0.15) is 12.6 Å². The summed E-state index contributed by atoms with van der Waals surface area (Å²) in [5.41, 5.74) is 1.51. The van der Waals surface area contributed by atoms with E-state index in [2.05, 4.69) is 53.3 Å². The van der Waals surface area contributed by atoms with Crippen LogP contribution in [0.3, 0.4) is 0 Å². The maximum absolute atomic E-state index is 4.25. The Morgan fingerprint density at radius 3 is 1.76 bits per heavy atom. The van der Waals surface area contributed by atoms with Gasteiger partial charge in [0.05, 0.1) is 0 Å². The van der Waals surface area contributed by atoms with Gasteiger partial charge in [0.2, 0.25) is 0 Å². The molecule has 0 aromatic rings. The summed E-state index contributed by atoms with van der Waals surface area (Å²) >= 11 is 4.25. The van der Waals surface area contributed by atoms with Gasteiger partial charge in [-0.25, -0.2) is 0 Å². The van der Waals surface area contributed by atoms with Crippen LogP contribution in [0.1, 0.15) is 92.4 Å². The molecule has 0 saturated carbocycles. The molecule has 0 unspecified atom stereocenters. The third kappa shape index (κ3) is 14.8. The Kier molecular flexibility index (Phi) is 13.8. The van der Waals surface area contributed by atoms with Crippen LogP contribution in [0, 0.1) is 17.8 Å². The van der Waals surface area contributed by atoms with Crippen molar-refractivity contribution in [3.8, 4) is 0 Å². The second-order valence-corrected chi connectivity index (χ2v) is 7.96. The van der Waals surface area contributed by atoms with Crippen molar-refractivity contribution >= 4 is 12.6 Å². The largest absolute Gasteiger partial charge is 0.175 e. The zero-order valence-corrected chi connectivity index (χ0v) is 16.2. The van der Waals surface area contributed by atoms with E-state index < -0.39 is 0 Å². The first kappa shape index (κ1) is 21.1. The van der Waals surface area contributed by atoms with Crippen LogP contribution >= 0.6 is 12.6 Å². The zero-order chi connectivity index (χ0) is 16.1. The van der Waals surface area contributed by atoms with Crippen molar-refractivity contribution in [2.75, 3.05) is 5.75 Å². The minimum Gasteiger partial charge on any atom is -0.175 e. The average molecular weight is 313 g/mol. The lowest BCUT2D eigenvalue weighted by atomic mass is 9.91. The highest BCUT2D eigenvalue weighted by molar-refractivity contribution is 7.80. The van der Waals surface area contributed by atoms with Crippen molar-refractivity contribution in [2.45, 2.75) is 92.4 Å². The molecule has 0 bridgehead atoms. The second-order valence-electron chi connectivity index (χ2n) is 7.59. The molecule has 2 atom stereocenters. The predicted octanol–water partition coefficient (Wildman–Crippen LogP) is 7.30. The van der Waals surface area contributed by atoms with Crippen molar-refractivity contribution in [3.05, 3.63) is 11.6 Å². The minimum atomic E-state index is 0.872. The molecule has 0 nitrogen and oxygen atoms in total. The number of allylic oxidation sites excluding steroid dienone is 1. The maximum atomic E-state index is 4.25. The molecule has 0 radical (unpaired) electrons. The van der Waals surface area contributed by atoms with Gasteiger partial charge in [0.25, 0.3) is 0 Å². The van der Waals surface area contributed by atoms with Crippen molar-refractivity contribution in [3.63, 3.8) is 0 Å². The lowest BCUT2D eigenvalue weighted by Crippen LogP contribution is -2.00. The van der Waals surface area contributed by atoms with Gasteiger partial charge < -0.3 is 0 Å². The van der Waals surface area contributed by atoms with Crippen molar-refractivity contribution in [1.29, 1.82) is 0 Å². The van der Waals surface area contributed by atoms with Crippen LogP contribution in [0.5, 0.6) is 0 Å². The molecule has 0 amide bonds. The number of rotatable bonds is 13. The number of thiol groups is 1. The molecule has 0 aliphatic carbocycles. The molecular formula is C20H40S. The fourth-order valence-electron chi connectivity index (χ4n) is 2.97. The molecule has 0 spiro atoms. The van der Waals surface area contributed by atoms with Crippen LogP contribution in [0.15, 0.2) is 11.6 Å². The van der Waals surface area contributed by atoms with Crippen LogP contribution in [0.25, 0.3) is 0 Å². The van der Waals surface area contributed by atoms with Gasteiger partial charge in [0, 0.05) is 5.75 Å². The Morgan fingerprint density at radius 1 is 0.810 bits per heavy atom. The van der Waals surface area contributed by atoms with E-state index >= 15 is 0 Å².